The van der Waals surface area contributed by atoms with Gasteiger partial charge in [0.2, 0.25) is 0 Å². The normalized spacial score (nSPS) is 19.1. The van der Waals surface area contributed by atoms with E-state index in [1.807, 2.05) is 6.07 Å². The molecule has 2 aromatic rings. The third-order valence-corrected chi connectivity index (χ3v) is 3.84. The van der Waals surface area contributed by atoms with Gasteiger partial charge in [-0.3, -0.25) is 0 Å². The lowest BCUT2D eigenvalue weighted by molar-refractivity contribution is -0.169. The van der Waals surface area contributed by atoms with Gasteiger partial charge < -0.3 is 9.47 Å². The third-order valence-electron chi connectivity index (χ3n) is 3.17. The van der Waals surface area contributed by atoms with Crippen LogP contribution in [0.4, 0.5) is 0 Å². The molecule has 0 N–H and O–H groups in total. The van der Waals surface area contributed by atoms with E-state index >= 15 is 0 Å². The molecule has 0 bridgehead atoms. The largest absolute Gasteiger partial charge is 0.353 e. The first-order valence-corrected chi connectivity index (χ1v) is 7.36. The fourth-order valence-electron chi connectivity index (χ4n) is 2.13. The van der Waals surface area contributed by atoms with Gasteiger partial charge in [-0.25, -0.2) is 4.68 Å². The van der Waals surface area contributed by atoms with Crippen LogP contribution in [0.5, 0.6) is 0 Å². The minimum Gasteiger partial charge on any atom is -0.353 e. The zero-order chi connectivity index (χ0) is 13.8. The molecule has 1 fully saturated rings. The minimum absolute atomic E-state index is 0.116. The molecule has 1 atom stereocenters. The second kappa shape index (κ2) is 6.43. The third kappa shape index (κ3) is 3.05. The lowest BCUT2D eigenvalue weighted by Gasteiger charge is -2.22. The van der Waals surface area contributed by atoms with Gasteiger partial charge in [-0.15, -0.1) is 0 Å². The predicted molar refractivity (Wildman–Crippen MR) is 75.2 cm³/mol. The summed E-state index contributed by atoms with van der Waals surface area (Å²) in [6.07, 6.45) is 8.15. The van der Waals surface area contributed by atoms with Crippen molar-refractivity contribution in [1.82, 2.24) is 20.0 Å². The zero-order valence-electron chi connectivity index (χ0n) is 10.9. The molecule has 106 valence electrons. The van der Waals surface area contributed by atoms with Crippen LogP contribution < -0.4 is 0 Å². The van der Waals surface area contributed by atoms with Crippen molar-refractivity contribution in [1.29, 1.82) is 0 Å². The second-order valence-electron chi connectivity index (χ2n) is 4.56. The van der Waals surface area contributed by atoms with Crippen LogP contribution in [0.3, 0.4) is 0 Å². The van der Waals surface area contributed by atoms with Crippen LogP contribution in [0, 0.1) is 0 Å². The Labute approximate surface area is 125 Å². The van der Waals surface area contributed by atoms with Crippen LogP contribution in [-0.4, -0.2) is 32.9 Å². The monoisotopic (exact) mass is 338 g/mol. The Morgan fingerprint density at radius 3 is 3.05 bits per heavy atom. The smallest absolute Gasteiger partial charge is 0.158 e. The highest BCUT2D eigenvalue weighted by Gasteiger charge is 2.17. The van der Waals surface area contributed by atoms with E-state index in [0.717, 1.165) is 41.7 Å². The predicted octanol–water partition coefficient (Wildman–Crippen LogP) is 2.47. The van der Waals surface area contributed by atoms with Gasteiger partial charge in [0.1, 0.15) is 0 Å². The summed E-state index contributed by atoms with van der Waals surface area (Å²) < 4.78 is 14.1. The van der Waals surface area contributed by atoms with Gasteiger partial charge in [-0.1, -0.05) is 0 Å². The molecule has 0 saturated carbocycles. The molecule has 0 spiro atoms. The molecule has 1 saturated heterocycles. The zero-order valence-corrected chi connectivity index (χ0v) is 12.5. The van der Waals surface area contributed by atoms with E-state index in [9.17, 15) is 0 Å². The maximum Gasteiger partial charge on any atom is 0.158 e. The number of aromatic nitrogens is 4. The van der Waals surface area contributed by atoms with E-state index < -0.39 is 0 Å². The number of ether oxygens (including phenoxy) is 2. The molecular weight excluding hydrogens is 324 g/mol. The lowest BCUT2D eigenvalue weighted by atomic mass is 10.2. The minimum atomic E-state index is -0.116. The molecule has 20 heavy (non-hydrogen) atoms. The van der Waals surface area contributed by atoms with E-state index in [4.69, 9.17) is 9.47 Å². The summed E-state index contributed by atoms with van der Waals surface area (Å²) in [5.74, 6) is 0. The maximum atomic E-state index is 5.82. The average molecular weight is 339 g/mol. The van der Waals surface area contributed by atoms with Crippen LogP contribution in [-0.2, 0) is 16.1 Å². The molecule has 2 aromatic heterocycles. The number of nitrogens with zero attached hydrogens (tertiary/aromatic N) is 4. The van der Waals surface area contributed by atoms with E-state index in [1.165, 1.54) is 0 Å². The highest BCUT2D eigenvalue weighted by Crippen LogP contribution is 2.22. The summed E-state index contributed by atoms with van der Waals surface area (Å²) in [5.41, 5.74) is 1.79. The standard InChI is InChI=1S/C13H15BrN4O2/c14-11-8-17-18(10-4-5-15-16-7-10)12(11)9-20-13-3-1-2-6-19-13/h4-5,7-8,13H,1-3,6,9H2. The number of halogens is 1. The molecule has 0 aromatic carbocycles. The molecule has 3 rings (SSSR count). The van der Waals surface area contributed by atoms with E-state index in [-0.39, 0.29) is 6.29 Å². The molecule has 1 aliphatic rings. The molecule has 0 radical (unpaired) electrons. The van der Waals surface area contributed by atoms with Gasteiger partial charge in [0.05, 0.1) is 41.1 Å². The summed E-state index contributed by atoms with van der Waals surface area (Å²) in [7, 11) is 0. The van der Waals surface area contributed by atoms with Crippen molar-refractivity contribution < 1.29 is 9.47 Å². The van der Waals surface area contributed by atoms with Gasteiger partial charge in [-0.2, -0.15) is 15.3 Å². The Kier molecular flexibility index (Phi) is 4.39. The molecule has 6 nitrogen and oxygen atoms in total. The number of hydrogen-bond acceptors (Lipinski definition) is 5. The van der Waals surface area contributed by atoms with Crippen molar-refractivity contribution >= 4 is 15.9 Å². The van der Waals surface area contributed by atoms with Crippen LogP contribution in [0.1, 0.15) is 25.0 Å². The molecule has 3 heterocycles. The topological polar surface area (TPSA) is 62.1 Å². The summed E-state index contributed by atoms with van der Waals surface area (Å²) >= 11 is 3.50. The molecule has 1 unspecified atom stereocenters. The second-order valence-corrected chi connectivity index (χ2v) is 5.41. The van der Waals surface area contributed by atoms with Crippen LogP contribution in [0.2, 0.25) is 0 Å². The lowest BCUT2D eigenvalue weighted by Crippen LogP contribution is -2.22. The first kappa shape index (κ1) is 13.7. The fraction of sp³-hybridized carbons (Fsp3) is 0.462. The Morgan fingerprint density at radius 2 is 2.30 bits per heavy atom. The van der Waals surface area contributed by atoms with E-state index in [2.05, 4.69) is 31.2 Å². The molecule has 0 aliphatic carbocycles. The Balaban J connectivity index is 1.74. The average Bonchev–Trinajstić information content (AvgIpc) is 2.88. The number of rotatable bonds is 4. The summed E-state index contributed by atoms with van der Waals surface area (Å²) in [6, 6.07) is 1.85. The van der Waals surface area contributed by atoms with Gasteiger partial charge >= 0.3 is 0 Å². The van der Waals surface area contributed by atoms with Gasteiger partial charge in [-0.05, 0) is 41.3 Å². The molecule has 7 heteroatoms. The summed E-state index contributed by atoms with van der Waals surface area (Å²) in [5, 5.41) is 12.0. The quantitative estimate of drug-likeness (QED) is 0.856. The van der Waals surface area contributed by atoms with E-state index in [1.54, 1.807) is 23.3 Å². The SMILES string of the molecule is Brc1cnn(-c2ccnnc2)c1COC1CCCCO1. The van der Waals surface area contributed by atoms with E-state index in [0.29, 0.717) is 6.61 Å². The first-order valence-electron chi connectivity index (χ1n) is 6.57. The van der Waals surface area contributed by atoms with Gasteiger partial charge in [0.25, 0.3) is 0 Å². The van der Waals surface area contributed by atoms with Crippen molar-refractivity contribution in [3.05, 3.63) is 34.8 Å². The van der Waals surface area contributed by atoms with Crippen molar-refractivity contribution in [3.63, 3.8) is 0 Å². The van der Waals surface area contributed by atoms with Crippen molar-refractivity contribution in [2.24, 2.45) is 0 Å². The van der Waals surface area contributed by atoms with Crippen LogP contribution >= 0.6 is 15.9 Å². The summed E-state index contributed by atoms with van der Waals surface area (Å²) in [6.45, 7) is 1.22. The molecule has 0 amide bonds. The first-order chi connectivity index (χ1) is 9.84. The number of hydrogen-bond donors (Lipinski definition) is 0. The Morgan fingerprint density at radius 1 is 1.35 bits per heavy atom. The van der Waals surface area contributed by atoms with Crippen molar-refractivity contribution in [2.45, 2.75) is 32.2 Å². The Bertz CT molecular complexity index is 555. The van der Waals surface area contributed by atoms with Gasteiger partial charge in [0.15, 0.2) is 6.29 Å². The molecular formula is C13H15BrN4O2. The highest BCUT2D eigenvalue weighted by atomic mass is 79.9. The maximum absolute atomic E-state index is 5.82. The van der Waals surface area contributed by atoms with Crippen molar-refractivity contribution in [3.8, 4) is 5.69 Å². The van der Waals surface area contributed by atoms with Crippen molar-refractivity contribution in [2.75, 3.05) is 6.61 Å². The highest BCUT2D eigenvalue weighted by molar-refractivity contribution is 9.10. The molecule has 1 aliphatic heterocycles. The van der Waals surface area contributed by atoms with Crippen LogP contribution in [0.25, 0.3) is 5.69 Å². The fourth-order valence-corrected chi connectivity index (χ4v) is 2.50. The summed E-state index contributed by atoms with van der Waals surface area (Å²) in [4.78, 5) is 0. The van der Waals surface area contributed by atoms with Gasteiger partial charge in [0, 0.05) is 6.61 Å². The van der Waals surface area contributed by atoms with Crippen LogP contribution in [0.15, 0.2) is 29.1 Å². The Hall–Kier alpha value is -1.31.